The number of hydrogen-bond donors (Lipinski definition) is 2. The van der Waals surface area contributed by atoms with Gasteiger partial charge in [0.25, 0.3) is 0 Å². The monoisotopic (exact) mass is 695 g/mol. The second kappa shape index (κ2) is 13.6. The molecule has 2 aliphatic heterocycles. The van der Waals surface area contributed by atoms with E-state index >= 15 is 0 Å². The van der Waals surface area contributed by atoms with E-state index in [-0.39, 0.29) is 45.3 Å². The second-order valence-corrected chi connectivity index (χ2v) is 16.4. The molecule has 0 radical (unpaired) electrons. The number of amides is 1. The number of rotatable bonds is 15. The van der Waals surface area contributed by atoms with Crippen LogP contribution in [-0.2, 0) is 53.0 Å². The number of carbonyl (C=O) groups is 5. The molecule has 0 aromatic rings. The molecule has 0 spiro atoms. The first-order valence-corrected chi connectivity index (χ1v) is 17.3. The van der Waals surface area contributed by atoms with Gasteiger partial charge in [-0.05, 0) is 92.4 Å². The molecule has 0 aromatic carbocycles. The first kappa shape index (κ1) is 38.6. The van der Waals surface area contributed by atoms with Crippen molar-refractivity contribution in [2.24, 2.45) is 21.7 Å². The van der Waals surface area contributed by atoms with Gasteiger partial charge in [0.15, 0.2) is 6.61 Å². The number of alkyl halides is 2. The zero-order chi connectivity index (χ0) is 35.7. The highest BCUT2D eigenvalue weighted by atomic mass is 32.2. The van der Waals surface area contributed by atoms with Gasteiger partial charge in [0.05, 0.1) is 28.3 Å². The quantitative estimate of drug-likeness (QED) is 0.143. The molecule has 3 atom stereocenters. The van der Waals surface area contributed by atoms with Gasteiger partial charge in [0.1, 0.15) is 5.60 Å². The lowest BCUT2D eigenvalue weighted by molar-refractivity contribution is -0.179. The van der Waals surface area contributed by atoms with Gasteiger partial charge in [-0.25, -0.2) is 4.79 Å². The molecule has 3 unspecified atom stereocenters. The van der Waals surface area contributed by atoms with Crippen LogP contribution >= 0.6 is 0 Å². The fourth-order valence-corrected chi connectivity index (χ4v) is 7.40. The van der Waals surface area contributed by atoms with E-state index < -0.39 is 85.1 Å². The van der Waals surface area contributed by atoms with Crippen LogP contribution in [0, 0.1) is 21.7 Å². The second-order valence-electron chi connectivity index (χ2n) is 14.8. The third-order valence-corrected chi connectivity index (χ3v) is 10.5. The summed E-state index contributed by atoms with van der Waals surface area (Å²) in [5, 5.41) is -2.07. The van der Waals surface area contributed by atoms with E-state index in [2.05, 4.69) is 10.1 Å². The largest absolute Gasteiger partial charge is 0.463 e. The van der Waals surface area contributed by atoms with Crippen LogP contribution in [-0.4, -0.2) is 79.5 Å². The van der Waals surface area contributed by atoms with Gasteiger partial charge in [-0.15, -0.1) is 0 Å². The van der Waals surface area contributed by atoms with E-state index in [1.165, 1.54) is 20.8 Å². The van der Waals surface area contributed by atoms with Crippen molar-refractivity contribution in [1.82, 2.24) is 5.32 Å². The van der Waals surface area contributed by atoms with Gasteiger partial charge in [-0.3, -0.25) is 23.7 Å². The molecule has 0 aromatic heterocycles. The Morgan fingerprint density at radius 3 is 2.09 bits per heavy atom. The summed E-state index contributed by atoms with van der Waals surface area (Å²) in [6, 6.07) is 0. The van der Waals surface area contributed by atoms with Crippen molar-refractivity contribution < 1.29 is 64.7 Å². The summed E-state index contributed by atoms with van der Waals surface area (Å²) in [6.07, 6.45) is 2.08. The zero-order valence-electron chi connectivity index (χ0n) is 27.9. The van der Waals surface area contributed by atoms with Crippen LogP contribution in [0.4, 0.5) is 8.78 Å². The van der Waals surface area contributed by atoms with Gasteiger partial charge in [-0.2, -0.15) is 17.2 Å². The average molecular weight is 696 g/mol. The molecule has 3 fully saturated rings. The molecule has 16 heteroatoms. The van der Waals surface area contributed by atoms with E-state index in [0.29, 0.717) is 19.3 Å². The van der Waals surface area contributed by atoms with Crippen molar-refractivity contribution >= 4 is 39.9 Å². The standard InChI is InChI=1S/C31H47F2NO12S/c1-7-30(11-8-9-12-30)46-24(38)26(2,3)16-28(6,25(39)45-20-10-15-43-21(20)35)18-29(13-14-34-22(29)36)17-27(4,5)23(37)44-19-31(32,33)47(40,41)42/h20H,7-19H2,1-6H3,(H,34,36)(H,40,41,42). The molecule has 1 amide bonds. The van der Waals surface area contributed by atoms with Crippen molar-refractivity contribution in [3.63, 3.8) is 0 Å². The van der Waals surface area contributed by atoms with E-state index in [1.54, 1.807) is 13.8 Å². The molecule has 13 nitrogen and oxygen atoms in total. The fourth-order valence-electron chi connectivity index (χ4n) is 7.19. The van der Waals surface area contributed by atoms with Gasteiger partial charge >= 0.3 is 39.2 Å². The highest BCUT2D eigenvalue weighted by Gasteiger charge is 2.57. The maximum atomic E-state index is 14.0. The third kappa shape index (κ3) is 8.59. The van der Waals surface area contributed by atoms with Crippen LogP contribution in [0.5, 0.6) is 0 Å². The molecular formula is C31H47F2NO12S. The molecule has 2 heterocycles. The Morgan fingerprint density at radius 2 is 1.60 bits per heavy atom. The van der Waals surface area contributed by atoms with Crippen LogP contribution in [0.1, 0.15) is 106 Å². The SMILES string of the molecule is CCC1(OC(=O)C(C)(C)CC(C)(CC2(CC(C)(C)C(=O)OCC(F)(F)S(=O)(=O)O)CCNC2=O)C(=O)OC2CCOC2=O)CCCC1. The first-order chi connectivity index (χ1) is 21.4. The number of cyclic esters (lactones) is 1. The number of esters is 4. The summed E-state index contributed by atoms with van der Waals surface area (Å²) in [6.45, 7) is 7.52. The smallest absolute Gasteiger partial charge is 0.402 e. The highest BCUT2D eigenvalue weighted by Crippen LogP contribution is 2.52. The lowest BCUT2D eigenvalue weighted by Gasteiger charge is -2.43. The number of halogens is 2. The molecule has 1 saturated carbocycles. The maximum Gasteiger partial charge on any atom is 0.402 e. The number of nitrogens with one attached hydrogen (secondary N) is 1. The minimum atomic E-state index is -5.87. The molecule has 3 aliphatic rings. The first-order valence-electron chi connectivity index (χ1n) is 15.8. The predicted molar refractivity (Wildman–Crippen MR) is 160 cm³/mol. The van der Waals surface area contributed by atoms with E-state index in [1.807, 2.05) is 6.92 Å². The highest BCUT2D eigenvalue weighted by molar-refractivity contribution is 7.86. The Balaban J connectivity index is 1.94. The van der Waals surface area contributed by atoms with Crippen molar-refractivity contribution in [3.05, 3.63) is 0 Å². The van der Waals surface area contributed by atoms with E-state index in [9.17, 15) is 41.2 Å². The summed E-state index contributed by atoms with van der Waals surface area (Å²) in [4.78, 5) is 66.5. The molecule has 268 valence electrons. The van der Waals surface area contributed by atoms with Crippen molar-refractivity contribution in [2.45, 2.75) is 123 Å². The lowest BCUT2D eigenvalue weighted by Crippen LogP contribution is -2.48. The minimum Gasteiger partial charge on any atom is -0.463 e. The Labute approximate surface area is 273 Å². The van der Waals surface area contributed by atoms with Crippen molar-refractivity contribution in [1.29, 1.82) is 0 Å². The number of ether oxygens (including phenoxy) is 4. The van der Waals surface area contributed by atoms with Gasteiger partial charge in [0, 0.05) is 13.0 Å². The van der Waals surface area contributed by atoms with Gasteiger partial charge in [0.2, 0.25) is 12.0 Å². The zero-order valence-corrected chi connectivity index (χ0v) is 28.7. The Hall–Kier alpha value is -2.88. The number of hydrogen-bond acceptors (Lipinski definition) is 11. The van der Waals surface area contributed by atoms with Crippen LogP contribution in [0.3, 0.4) is 0 Å². The van der Waals surface area contributed by atoms with Crippen LogP contribution < -0.4 is 5.32 Å². The average Bonchev–Trinajstić information content (AvgIpc) is 3.67. The van der Waals surface area contributed by atoms with Crippen LogP contribution in [0.25, 0.3) is 0 Å². The fraction of sp³-hybridized carbons (Fsp3) is 0.839. The topological polar surface area (TPSA) is 189 Å². The molecule has 3 rings (SSSR count). The van der Waals surface area contributed by atoms with Gasteiger partial charge in [-0.1, -0.05) is 6.92 Å². The van der Waals surface area contributed by atoms with Crippen LogP contribution in [0.15, 0.2) is 0 Å². The van der Waals surface area contributed by atoms with Gasteiger partial charge < -0.3 is 24.3 Å². The Morgan fingerprint density at radius 1 is 0.979 bits per heavy atom. The molecule has 47 heavy (non-hydrogen) atoms. The van der Waals surface area contributed by atoms with E-state index in [4.69, 9.17) is 18.8 Å². The number of carbonyl (C=O) groups excluding carboxylic acids is 5. The molecule has 1 aliphatic carbocycles. The summed E-state index contributed by atoms with van der Waals surface area (Å²) in [7, 11) is -5.87. The predicted octanol–water partition coefficient (Wildman–Crippen LogP) is 3.87. The van der Waals surface area contributed by atoms with Crippen LogP contribution in [0.2, 0.25) is 0 Å². The van der Waals surface area contributed by atoms with Crippen molar-refractivity contribution in [3.8, 4) is 0 Å². The van der Waals surface area contributed by atoms with E-state index in [0.717, 1.165) is 12.8 Å². The molecule has 2 saturated heterocycles. The normalized spacial score (nSPS) is 24.7. The summed E-state index contributed by atoms with van der Waals surface area (Å²) in [5.41, 5.74) is -6.71. The Bertz CT molecular complexity index is 1360. The summed E-state index contributed by atoms with van der Waals surface area (Å²) in [5.74, 6) is -3.97. The van der Waals surface area contributed by atoms with Crippen molar-refractivity contribution in [2.75, 3.05) is 19.8 Å². The third-order valence-electron chi connectivity index (χ3n) is 9.66. The maximum absolute atomic E-state index is 14.0. The Kier molecular flexibility index (Phi) is 11.1. The molecule has 0 bridgehead atoms. The summed E-state index contributed by atoms with van der Waals surface area (Å²) < 4.78 is 79.6. The minimum absolute atomic E-state index is 0.0453. The summed E-state index contributed by atoms with van der Waals surface area (Å²) >= 11 is 0. The molecule has 2 N–H and O–H groups in total. The molecular weight excluding hydrogens is 648 g/mol. The lowest BCUT2D eigenvalue weighted by atomic mass is 9.61.